The number of ether oxygens (including phenoxy) is 1. The fourth-order valence-corrected chi connectivity index (χ4v) is 2.87. The van der Waals surface area contributed by atoms with E-state index in [4.69, 9.17) is 4.74 Å². The van der Waals surface area contributed by atoms with E-state index < -0.39 is 0 Å². The van der Waals surface area contributed by atoms with Gasteiger partial charge in [-0.2, -0.15) is 0 Å². The second-order valence-electron chi connectivity index (χ2n) is 5.84. The van der Waals surface area contributed by atoms with Crippen molar-refractivity contribution in [3.05, 3.63) is 33.9 Å². The van der Waals surface area contributed by atoms with Gasteiger partial charge in [-0.3, -0.25) is 10.1 Å². The van der Waals surface area contributed by atoms with Crippen LogP contribution >= 0.6 is 0 Å². The number of nitrogens with zero attached hydrogens (tertiary/aromatic N) is 1. The minimum Gasteiger partial charge on any atom is -0.487 e. The van der Waals surface area contributed by atoms with Crippen LogP contribution in [0.3, 0.4) is 0 Å². The predicted molar refractivity (Wildman–Crippen MR) is 82.0 cm³/mol. The van der Waals surface area contributed by atoms with Gasteiger partial charge in [-0.1, -0.05) is 6.07 Å². The molecule has 0 aromatic heterocycles. The van der Waals surface area contributed by atoms with Crippen LogP contribution in [0.4, 0.5) is 5.69 Å². The number of rotatable bonds is 6. The highest BCUT2D eigenvalue weighted by molar-refractivity contribution is 5.48. The number of likely N-dealkylation sites (tertiary alicyclic amines) is 1. The predicted octanol–water partition coefficient (Wildman–Crippen LogP) is 2.13. The van der Waals surface area contributed by atoms with Crippen LogP contribution in [0.5, 0.6) is 5.75 Å². The lowest BCUT2D eigenvalue weighted by molar-refractivity contribution is -0.899. The first-order chi connectivity index (χ1) is 10.2. The van der Waals surface area contributed by atoms with E-state index in [9.17, 15) is 10.1 Å². The maximum atomic E-state index is 11.0. The molecule has 0 spiro atoms. The highest BCUT2D eigenvalue weighted by Crippen LogP contribution is 2.27. The van der Waals surface area contributed by atoms with Crippen molar-refractivity contribution >= 4 is 5.69 Å². The molecule has 1 aromatic carbocycles. The van der Waals surface area contributed by atoms with Gasteiger partial charge in [0.2, 0.25) is 0 Å². The monoisotopic (exact) mass is 293 g/mol. The molecule has 1 saturated heterocycles. The summed E-state index contributed by atoms with van der Waals surface area (Å²) in [7, 11) is 0. The Balaban J connectivity index is 1.80. The van der Waals surface area contributed by atoms with Gasteiger partial charge in [0.15, 0.2) is 5.75 Å². The van der Waals surface area contributed by atoms with Crippen LogP contribution < -0.4 is 9.64 Å². The van der Waals surface area contributed by atoms with Crippen molar-refractivity contribution in [2.45, 2.75) is 39.0 Å². The molecule has 0 amide bonds. The quantitative estimate of drug-likeness (QED) is 0.496. The van der Waals surface area contributed by atoms with Crippen molar-refractivity contribution in [1.29, 1.82) is 0 Å². The number of hydrogen-bond acceptors (Lipinski definition) is 3. The maximum absolute atomic E-state index is 11.0. The lowest BCUT2D eigenvalue weighted by Gasteiger charge is -2.16. The van der Waals surface area contributed by atoms with Gasteiger partial charge in [0.1, 0.15) is 0 Å². The summed E-state index contributed by atoms with van der Waals surface area (Å²) in [5, 5.41) is 11.0. The minimum atomic E-state index is -0.380. The van der Waals surface area contributed by atoms with Gasteiger partial charge in [0.25, 0.3) is 0 Å². The zero-order valence-electron chi connectivity index (χ0n) is 12.8. The van der Waals surface area contributed by atoms with Gasteiger partial charge in [-0.05, 0) is 44.2 Å². The van der Waals surface area contributed by atoms with Crippen molar-refractivity contribution in [3.63, 3.8) is 0 Å². The Bertz CT molecular complexity index is 469. The average Bonchev–Trinajstić information content (AvgIpc) is 2.72. The minimum absolute atomic E-state index is 0.0581. The normalized spacial score (nSPS) is 16.4. The Hall–Kier alpha value is -1.62. The molecule has 116 valence electrons. The molecule has 0 aliphatic carbocycles. The van der Waals surface area contributed by atoms with Crippen LogP contribution in [0.25, 0.3) is 0 Å². The Labute approximate surface area is 126 Å². The van der Waals surface area contributed by atoms with E-state index in [0.717, 1.165) is 18.5 Å². The molecule has 0 saturated carbocycles. The molecule has 21 heavy (non-hydrogen) atoms. The molecule has 1 aromatic rings. The largest absolute Gasteiger partial charge is 0.487 e. The highest BCUT2D eigenvalue weighted by atomic mass is 16.6. The molecular formula is C16H25N2O3+. The van der Waals surface area contributed by atoms with E-state index in [1.165, 1.54) is 44.8 Å². The molecule has 1 aliphatic heterocycles. The number of nitrogens with one attached hydrogen (secondary N) is 1. The van der Waals surface area contributed by atoms with Crippen LogP contribution in [0.2, 0.25) is 0 Å². The zero-order chi connectivity index (χ0) is 15.1. The second-order valence-corrected chi connectivity index (χ2v) is 5.84. The molecule has 5 heteroatoms. The Morgan fingerprint density at radius 2 is 1.95 bits per heavy atom. The van der Waals surface area contributed by atoms with E-state index in [-0.39, 0.29) is 10.6 Å². The van der Waals surface area contributed by atoms with E-state index in [1.54, 1.807) is 17.0 Å². The van der Waals surface area contributed by atoms with E-state index in [1.807, 2.05) is 6.92 Å². The summed E-state index contributed by atoms with van der Waals surface area (Å²) in [6.07, 6.45) is 6.30. The van der Waals surface area contributed by atoms with Crippen LogP contribution in [-0.4, -0.2) is 31.2 Å². The summed E-state index contributed by atoms with van der Waals surface area (Å²) in [5.74, 6) is 0.394. The first-order valence-electron chi connectivity index (χ1n) is 7.88. The van der Waals surface area contributed by atoms with Gasteiger partial charge in [0.05, 0.1) is 31.2 Å². The molecule has 1 aliphatic rings. The molecule has 0 radical (unpaired) electrons. The van der Waals surface area contributed by atoms with Crippen molar-refractivity contribution < 1.29 is 14.6 Å². The molecule has 5 nitrogen and oxygen atoms in total. The Morgan fingerprint density at radius 3 is 2.62 bits per heavy atom. The zero-order valence-corrected chi connectivity index (χ0v) is 12.8. The number of nitro groups is 1. The second kappa shape index (κ2) is 7.98. The summed E-state index contributed by atoms with van der Waals surface area (Å²) in [5.41, 5.74) is 1.04. The number of quaternary nitrogens is 1. The Kier molecular flexibility index (Phi) is 5.99. The van der Waals surface area contributed by atoms with Crippen molar-refractivity contribution in [1.82, 2.24) is 0 Å². The van der Waals surface area contributed by atoms with Gasteiger partial charge in [0, 0.05) is 12.5 Å². The molecule has 0 bridgehead atoms. The molecule has 0 unspecified atom stereocenters. The van der Waals surface area contributed by atoms with E-state index in [2.05, 4.69) is 0 Å². The third-order valence-corrected chi connectivity index (χ3v) is 4.05. The summed E-state index contributed by atoms with van der Waals surface area (Å²) in [6.45, 7) is 6.07. The summed E-state index contributed by atoms with van der Waals surface area (Å²) in [4.78, 5) is 12.2. The third kappa shape index (κ3) is 5.01. The van der Waals surface area contributed by atoms with Crippen LogP contribution in [0.1, 0.15) is 37.7 Å². The van der Waals surface area contributed by atoms with Crippen LogP contribution in [-0.2, 0) is 0 Å². The molecule has 2 rings (SSSR count). The number of nitro benzene ring substituents is 1. The maximum Gasteiger partial charge on any atom is 0.310 e. The topological polar surface area (TPSA) is 56.8 Å². The molecule has 0 atom stereocenters. The molecule has 1 fully saturated rings. The van der Waals surface area contributed by atoms with Crippen LogP contribution in [0, 0.1) is 17.0 Å². The average molecular weight is 293 g/mol. The first kappa shape index (κ1) is 15.8. The summed E-state index contributed by atoms with van der Waals surface area (Å²) >= 11 is 0. The van der Waals surface area contributed by atoms with E-state index in [0.29, 0.717) is 12.4 Å². The molecule has 1 heterocycles. The van der Waals surface area contributed by atoms with Crippen LogP contribution in [0.15, 0.2) is 18.2 Å². The number of benzene rings is 1. The van der Waals surface area contributed by atoms with Gasteiger partial charge < -0.3 is 9.64 Å². The standard InChI is InChI=1S/C16H24N2O3/c1-14-7-8-15(18(19)20)16(13-14)21-12-6-11-17-9-4-2-3-5-10-17/h7-8,13H,2-6,9-12H2,1H3/p+1. The molecule has 1 N–H and O–H groups in total. The van der Waals surface area contributed by atoms with E-state index >= 15 is 0 Å². The van der Waals surface area contributed by atoms with Gasteiger partial charge in [-0.25, -0.2) is 0 Å². The molecular weight excluding hydrogens is 268 g/mol. The number of hydrogen-bond donors (Lipinski definition) is 1. The third-order valence-electron chi connectivity index (χ3n) is 4.05. The highest BCUT2D eigenvalue weighted by Gasteiger charge is 2.15. The fraction of sp³-hybridized carbons (Fsp3) is 0.625. The van der Waals surface area contributed by atoms with Crippen molar-refractivity contribution in [2.75, 3.05) is 26.2 Å². The number of aryl methyl sites for hydroxylation is 1. The van der Waals surface area contributed by atoms with Gasteiger partial charge in [-0.15, -0.1) is 0 Å². The SMILES string of the molecule is Cc1ccc([N+](=O)[O-])c(OCCC[NH+]2CCCCCC2)c1. The summed E-state index contributed by atoms with van der Waals surface area (Å²) < 4.78 is 5.65. The lowest BCUT2D eigenvalue weighted by atomic mass is 10.2. The smallest absolute Gasteiger partial charge is 0.310 e. The first-order valence-corrected chi connectivity index (χ1v) is 7.88. The lowest BCUT2D eigenvalue weighted by Crippen LogP contribution is -3.11. The van der Waals surface area contributed by atoms with Gasteiger partial charge >= 0.3 is 5.69 Å². The van der Waals surface area contributed by atoms with Crippen molar-refractivity contribution in [2.24, 2.45) is 0 Å². The Morgan fingerprint density at radius 1 is 1.24 bits per heavy atom. The fourth-order valence-electron chi connectivity index (χ4n) is 2.87. The van der Waals surface area contributed by atoms with Crippen molar-refractivity contribution in [3.8, 4) is 5.75 Å². The summed E-state index contributed by atoms with van der Waals surface area (Å²) in [6, 6.07) is 5.01.